The van der Waals surface area contributed by atoms with Crippen molar-refractivity contribution in [3.8, 4) is 0 Å². The summed E-state index contributed by atoms with van der Waals surface area (Å²) < 4.78 is 14.5. The van der Waals surface area contributed by atoms with Crippen LogP contribution in [0.15, 0.2) is 35.3 Å². The predicted octanol–water partition coefficient (Wildman–Crippen LogP) is 4.24. The lowest BCUT2D eigenvalue weighted by Crippen LogP contribution is -2.50. The number of aryl methyl sites for hydroxylation is 1. The number of hydrogen-bond donors (Lipinski definition) is 1. The van der Waals surface area contributed by atoms with Gasteiger partial charge in [-0.15, -0.1) is 0 Å². The molecule has 1 aliphatic heterocycles. The first-order valence-electron chi connectivity index (χ1n) is 13.4. The molecule has 0 unspecified atom stereocenters. The maximum absolute atomic E-state index is 12.8. The van der Waals surface area contributed by atoms with Gasteiger partial charge in [0.05, 0.1) is 5.52 Å². The number of nitrogens with one attached hydrogen (secondary N) is 1. The van der Waals surface area contributed by atoms with Crippen molar-refractivity contribution < 1.29 is 14.3 Å². The van der Waals surface area contributed by atoms with Crippen LogP contribution in [-0.2, 0) is 23.3 Å². The number of nitrogens with zero attached hydrogens (tertiary/aromatic N) is 6. The third-order valence-electron chi connectivity index (χ3n) is 6.50. The highest BCUT2D eigenvalue weighted by Gasteiger charge is 2.26. The van der Waals surface area contributed by atoms with Crippen molar-refractivity contribution in [1.82, 2.24) is 24.0 Å². The lowest BCUT2D eigenvalue weighted by Gasteiger charge is -2.36. The van der Waals surface area contributed by atoms with E-state index < -0.39 is 13.7 Å². The number of imidazole rings is 1. The van der Waals surface area contributed by atoms with Gasteiger partial charge in [-0.25, -0.2) is 19.6 Å². The Kier molecular flexibility index (Phi) is 8.36. The zero-order chi connectivity index (χ0) is 28.4. The summed E-state index contributed by atoms with van der Waals surface area (Å²) in [5, 5.41) is 3.28. The van der Waals surface area contributed by atoms with E-state index in [-0.39, 0.29) is 18.5 Å². The second-order valence-corrected chi connectivity index (χ2v) is 17.8. The van der Waals surface area contributed by atoms with E-state index in [1.165, 1.54) is 0 Å². The fourth-order valence-electron chi connectivity index (χ4n) is 4.29. The van der Waals surface area contributed by atoms with Gasteiger partial charge in [0.25, 0.3) is 0 Å². The van der Waals surface area contributed by atoms with Gasteiger partial charge in [0.2, 0.25) is 0 Å². The zero-order valence-electron chi connectivity index (χ0n) is 24.2. The predicted molar refractivity (Wildman–Crippen MR) is 157 cm³/mol. The summed E-state index contributed by atoms with van der Waals surface area (Å²) >= 11 is 0. The Morgan fingerprint density at radius 2 is 1.79 bits per heavy atom. The van der Waals surface area contributed by atoms with Crippen molar-refractivity contribution in [3.63, 3.8) is 0 Å². The summed E-state index contributed by atoms with van der Waals surface area (Å²) in [6, 6.07) is 8.67. The highest BCUT2D eigenvalue weighted by molar-refractivity contribution is 6.76. The average Bonchev–Trinajstić information content (AvgIpc) is 3.09. The summed E-state index contributed by atoms with van der Waals surface area (Å²) in [7, 11) is 0.521. The second kappa shape index (κ2) is 11.4. The third-order valence-corrected chi connectivity index (χ3v) is 8.21. The van der Waals surface area contributed by atoms with Gasteiger partial charge in [-0.05, 0) is 45.0 Å². The minimum atomic E-state index is -1.22. The molecule has 3 aromatic rings. The molecule has 1 saturated heterocycles. The van der Waals surface area contributed by atoms with E-state index in [4.69, 9.17) is 14.5 Å². The molecular formula is C27H41N7O4Si. The Morgan fingerprint density at radius 3 is 2.46 bits per heavy atom. The van der Waals surface area contributed by atoms with E-state index in [0.29, 0.717) is 50.1 Å². The Hall–Kier alpha value is -3.38. The number of anilines is 3. The van der Waals surface area contributed by atoms with Crippen LogP contribution in [0.2, 0.25) is 25.7 Å². The van der Waals surface area contributed by atoms with Gasteiger partial charge in [-0.3, -0.25) is 9.13 Å². The lowest BCUT2D eigenvalue weighted by atomic mass is 10.2. The zero-order valence-corrected chi connectivity index (χ0v) is 25.2. The first kappa shape index (κ1) is 28.6. The van der Waals surface area contributed by atoms with Crippen molar-refractivity contribution in [2.45, 2.75) is 58.8 Å². The largest absolute Gasteiger partial charge is 0.444 e. The molecule has 1 amide bonds. The number of carbonyl (C=O) groups is 1. The first-order chi connectivity index (χ1) is 18.3. The molecule has 0 spiro atoms. The molecule has 0 bridgehead atoms. The number of aromatic nitrogens is 4. The Balaban J connectivity index is 1.44. The van der Waals surface area contributed by atoms with E-state index in [1.807, 2.05) is 45.0 Å². The molecule has 0 radical (unpaired) electrons. The molecule has 0 aromatic carbocycles. The number of fused-ring (bicyclic) bond motifs is 1. The van der Waals surface area contributed by atoms with Crippen LogP contribution < -0.4 is 15.9 Å². The molecular weight excluding hydrogens is 514 g/mol. The third kappa shape index (κ3) is 7.39. The Bertz CT molecular complexity index is 1370. The monoisotopic (exact) mass is 555 g/mol. The Labute approximate surface area is 230 Å². The van der Waals surface area contributed by atoms with Crippen molar-refractivity contribution in [1.29, 1.82) is 0 Å². The van der Waals surface area contributed by atoms with Crippen LogP contribution in [0.5, 0.6) is 0 Å². The van der Waals surface area contributed by atoms with Crippen LogP contribution in [0, 0.1) is 0 Å². The van der Waals surface area contributed by atoms with Crippen LogP contribution in [-0.4, -0.2) is 76.6 Å². The summed E-state index contributed by atoms with van der Waals surface area (Å²) in [6.45, 7) is 15.9. The number of ether oxygens (including phenoxy) is 2. The Morgan fingerprint density at radius 1 is 1.08 bits per heavy atom. The maximum atomic E-state index is 12.8. The van der Waals surface area contributed by atoms with Crippen molar-refractivity contribution in [2.75, 3.05) is 43.0 Å². The van der Waals surface area contributed by atoms with Gasteiger partial charge in [-0.2, -0.15) is 0 Å². The van der Waals surface area contributed by atoms with Crippen LogP contribution >= 0.6 is 0 Å². The van der Waals surface area contributed by atoms with E-state index >= 15 is 0 Å². The van der Waals surface area contributed by atoms with Gasteiger partial charge in [0.15, 0.2) is 5.65 Å². The molecule has 212 valence electrons. The normalized spacial score (nSPS) is 14.6. The molecule has 3 aromatic heterocycles. The number of pyridine rings is 2. The van der Waals surface area contributed by atoms with Gasteiger partial charge in [0.1, 0.15) is 24.0 Å². The highest BCUT2D eigenvalue weighted by Crippen LogP contribution is 2.23. The topological polar surface area (TPSA) is 107 Å². The van der Waals surface area contributed by atoms with Crippen LogP contribution in [0.3, 0.4) is 0 Å². The highest BCUT2D eigenvalue weighted by atomic mass is 28.3. The molecule has 12 heteroatoms. The van der Waals surface area contributed by atoms with Crippen LogP contribution in [0.4, 0.5) is 22.1 Å². The molecule has 1 aliphatic rings. The molecule has 11 nitrogen and oxygen atoms in total. The van der Waals surface area contributed by atoms with Gasteiger partial charge in [-0.1, -0.05) is 19.6 Å². The molecule has 4 rings (SSSR count). The summed E-state index contributed by atoms with van der Waals surface area (Å²) in [4.78, 5) is 38.4. The second-order valence-electron chi connectivity index (χ2n) is 12.1. The number of hydrogen-bond acceptors (Lipinski definition) is 8. The maximum Gasteiger partial charge on any atom is 0.410 e. The van der Waals surface area contributed by atoms with Gasteiger partial charge < -0.3 is 24.6 Å². The smallest absolute Gasteiger partial charge is 0.410 e. The molecule has 4 heterocycles. The van der Waals surface area contributed by atoms with Crippen molar-refractivity contribution in [3.05, 3.63) is 40.9 Å². The number of piperazine rings is 1. The van der Waals surface area contributed by atoms with Crippen LogP contribution in [0.1, 0.15) is 20.8 Å². The summed E-state index contributed by atoms with van der Waals surface area (Å²) in [6.07, 6.45) is 1.47. The SMILES string of the molecule is Cn1c(=O)n(COCC[Si](C)(C)C)c2nc(Nc3cc(N4CCN(C(=O)OC(C)(C)C)CC4)ccn3)ccc21. The average molecular weight is 556 g/mol. The van der Waals surface area contributed by atoms with Crippen LogP contribution in [0.25, 0.3) is 11.2 Å². The summed E-state index contributed by atoms with van der Waals surface area (Å²) in [5.74, 6) is 1.23. The molecule has 0 saturated carbocycles. The molecule has 39 heavy (non-hydrogen) atoms. The van der Waals surface area contributed by atoms with E-state index in [2.05, 4.69) is 34.8 Å². The molecule has 0 aliphatic carbocycles. The van der Waals surface area contributed by atoms with E-state index in [0.717, 1.165) is 17.2 Å². The van der Waals surface area contributed by atoms with Gasteiger partial charge in [0, 0.05) is 65.9 Å². The number of amides is 1. The molecule has 1 N–H and O–H groups in total. The summed E-state index contributed by atoms with van der Waals surface area (Å²) in [5.41, 5.74) is 1.64. The molecule has 1 fully saturated rings. The van der Waals surface area contributed by atoms with E-state index in [1.54, 1.807) is 27.3 Å². The number of rotatable bonds is 8. The van der Waals surface area contributed by atoms with Crippen molar-refractivity contribution in [2.24, 2.45) is 7.05 Å². The minimum Gasteiger partial charge on any atom is -0.444 e. The van der Waals surface area contributed by atoms with E-state index in [9.17, 15) is 9.59 Å². The standard InChI is InChI=1S/C27H41N7O4Si/c1-27(2,3)38-26(36)33-14-12-32(13-15-33)20-10-11-28-23(18-20)29-22-9-8-21-24(30-22)34(25(35)31(21)4)19-37-16-17-39(5,6)7/h8-11,18H,12-17,19H2,1-7H3,(H,28,29,30). The lowest BCUT2D eigenvalue weighted by molar-refractivity contribution is 0.0240. The fraction of sp³-hybridized carbons (Fsp3) is 0.556. The van der Waals surface area contributed by atoms with Crippen molar-refractivity contribution >= 4 is 42.7 Å². The molecule has 0 atom stereocenters. The van der Waals surface area contributed by atoms with Gasteiger partial charge >= 0.3 is 11.8 Å². The quantitative estimate of drug-likeness (QED) is 0.325. The first-order valence-corrected chi connectivity index (χ1v) is 17.1. The number of carbonyl (C=O) groups excluding carboxylic acids is 1. The fourth-order valence-corrected chi connectivity index (χ4v) is 5.04. The minimum absolute atomic E-state index is 0.159.